The molecule has 0 bridgehead atoms. The highest BCUT2D eigenvalue weighted by Crippen LogP contribution is 2.27. The Hall–Kier alpha value is -0.940. The van der Waals surface area contributed by atoms with E-state index in [0.29, 0.717) is 10.0 Å². The molecular formula is C14H11Br2F2N. The van der Waals surface area contributed by atoms with Crippen LogP contribution in [0.1, 0.15) is 18.5 Å². The van der Waals surface area contributed by atoms with Gasteiger partial charge in [-0.1, -0.05) is 15.9 Å². The highest BCUT2D eigenvalue weighted by molar-refractivity contribution is 9.10. The Bertz CT molecular complexity index is 602. The Morgan fingerprint density at radius 1 is 1.00 bits per heavy atom. The van der Waals surface area contributed by atoms with Crippen molar-refractivity contribution in [2.24, 2.45) is 0 Å². The smallest absolute Gasteiger partial charge is 0.137 e. The molecular weight excluding hydrogens is 380 g/mol. The van der Waals surface area contributed by atoms with Crippen LogP contribution in [0.5, 0.6) is 0 Å². The first-order valence-corrected chi connectivity index (χ1v) is 7.22. The summed E-state index contributed by atoms with van der Waals surface area (Å²) >= 11 is 6.44. The molecule has 0 aliphatic carbocycles. The summed E-state index contributed by atoms with van der Waals surface area (Å²) in [6.45, 7) is 1.85. The largest absolute Gasteiger partial charge is 0.378 e. The van der Waals surface area contributed by atoms with Crippen LogP contribution < -0.4 is 5.32 Å². The van der Waals surface area contributed by atoms with E-state index >= 15 is 0 Å². The minimum atomic E-state index is -0.327. The van der Waals surface area contributed by atoms with E-state index in [9.17, 15) is 8.78 Å². The summed E-state index contributed by atoms with van der Waals surface area (Å²) in [5.74, 6) is -0.601. The van der Waals surface area contributed by atoms with Crippen molar-refractivity contribution in [3.63, 3.8) is 0 Å². The van der Waals surface area contributed by atoms with E-state index in [2.05, 4.69) is 37.2 Å². The molecule has 1 N–H and O–H groups in total. The van der Waals surface area contributed by atoms with E-state index in [4.69, 9.17) is 0 Å². The molecule has 1 unspecified atom stereocenters. The van der Waals surface area contributed by atoms with Gasteiger partial charge in [-0.25, -0.2) is 8.78 Å². The number of anilines is 1. The SMILES string of the molecule is CC(Nc1ccc(F)c(Br)c1)c1cc(Br)ccc1F. The fourth-order valence-corrected chi connectivity index (χ4v) is 2.52. The zero-order valence-electron chi connectivity index (χ0n) is 10.1. The summed E-state index contributed by atoms with van der Waals surface area (Å²) in [5, 5.41) is 3.14. The average molecular weight is 391 g/mol. The third-order valence-electron chi connectivity index (χ3n) is 2.73. The summed E-state index contributed by atoms with van der Waals surface area (Å²) in [5.41, 5.74) is 1.27. The van der Waals surface area contributed by atoms with Crippen molar-refractivity contribution in [1.82, 2.24) is 0 Å². The predicted octanol–water partition coefficient (Wildman–Crippen LogP) is 5.66. The van der Waals surface area contributed by atoms with Gasteiger partial charge >= 0.3 is 0 Å². The van der Waals surface area contributed by atoms with E-state index in [1.165, 1.54) is 12.1 Å². The van der Waals surface area contributed by atoms with E-state index in [0.717, 1.165) is 10.2 Å². The molecule has 5 heteroatoms. The van der Waals surface area contributed by atoms with Gasteiger partial charge in [-0.05, 0) is 59.3 Å². The number of halogens is 4. The van der Waals surface area contributed by atoms with Gasteiger partial charge in [-0.15, -0.1) is 0 Å². The second-order valence-corrected chi connectivity index (χ2v) is 5.93. The van der Waals surface area contributed by atoms with Crippen LogP contribution in [0.4, 0.5) is 14.5 Å². The van der Waals surface area contributed by atoms with Crippen molar-refractivity contribution in [3.8, 4) is 0 Å². The highest BCUT2D eigenvalue weighted by Gasteiger charge is 2.12. The summed E-state index contributed by atoms with van der Waals surface area (Å²) in [6, 6.07) is 9.17. The van der Waals surface area contributed by atoms with E-state index in [-0.39, 0.29) is 17.7 Å². The summed E-state index contributed by atoms with van der Waals surface area (Å²) in [6.07, 6.45) is 0. The maximum absolute atomic E-state index is 13.7. The lowest BCUT2D eigenvalue weighted by molar-refractivity contribution is 0.599. The number of hydrogen-bond donors (Lipinski definition) is 1. The minimum absolute atomic E-state index is 0.227. The number of nitrogens with one attached hydrogen (secondary N) is 1. The van der Waals surface area contributed by atoms with Crippen molar-refractivity contribution < 1.29 is 8.78 Å². The Kier molecular flexibility index (Phi) is 4.58. The van der Waals surface area contributed by atoms with Gasteiger partial charge in [0.05, 0.1) is 10.5 Å². The van der Waals surface area contributed by atoms with Crippen LogP contribution in [0, 0.1) is 11.6 Å². The number of benzene rings is 2. The molecule has 0 saturated heterocycles. The van der Waals surface area contributed by atoms with E-state index < -0.39 is 0 Å². The zero-order chi connectivity index (χ0) is 14.0. The van der Waals surface area contributed by atoms with Gasteiger partial charge in [0, 0.05) is 15.7 Å². The molecule has 0 saturated carbocycles. The maximum atomic E-state index is 13.7. The molecule has 0 amide bonds. The third-order valence-corrected chi connectivity index (χ3v) is 3.83. The topological polar surface area (TPSA) is 12.0 Å². The number of hydrogen-bond acceptors (Lipinski definition) is 1. The fraction of sp³-hybridized carbons (Fsp3) is 0.143. The normalized spacial score (nSPS) is 12.3. The van der Waals surface area contributed by atoms with Gasteiger partial charge < -0.3 is 5.32 Å². The molecule has 1 atom stereocenters. The molecule has 2 rings (SSSR count). The van der Waals surface area contributed by atoms with Crippen LogP contribution in [0.15, 0.2) is 45.3 Å². The lowest BCUT2D eigenvalue weighted by Crippen LogP contribution is -2.08. The van der Waals surface area contributed by atoms with Crippen molar-refractivity contribution in [2.45, 2.75) is 13.0 Å². The first-order chi connectivity index (χ1) is 8.97. The Labute approximate surface area is 127 Å². The second kappa shape index (κ2) is 6.01. The summed E-state index contributed by atoms with van der Waals surface area (Å²) < 4.78 is 28.1. The molecule has 0 aliphatic heterocycles. The molecule has 0 spiro atoms. The van der Waals surface area contributed by atoms with Crippen LogP contribution in [0.2, 0.25) is 0 Å². The van der Waals surface area contributed by atoms with Crippen molar-refractivity contribution in [2.75, 3.05) is 5.32 Å². The van der Waals surface area contributed by atoms with Gasteiger partial charge in [0.2, 0.25) is 0 Å². The van der Waals surface area contributed by atoms with Crippen LogP contribution in [-0.4, -0.2) is 0 Å². The maximum Gasteiger partial charge on any atom is 0.137 e. The molecule has 0 aromatic heterocycles. The monoisotopic (exact) mass is 389 g/mol. The lowest BCUT2D eigenvalue weighted by Gasteiger charge is -2.17. The van der Waals surface area contributed by atoms with Crippen LogP contribution >= 0.6 is 31.9 Å². The Morgan fingerprint density at radius 2 is 1.68 bits per heavy atom. The Balaban J connectivity index is 2.22. The molecule has 2 aromatic carbocycles. The Morgan fingerprint density at radius 3 is 2.37 bits per heavy atom. The van der Waals surface area contributed by atoms with Crippen molar-refractivity contribution in [1.29, 1.82) is 0 Å². The molecule has 0 heterocycles. The first kappa shape index (κ1) is 14.5. The minimum Gasteiger partial charge on any atom is -0.378 e. The van der Waals surface area contributed by atoms with Crippen LogP contribution in [0.3, 0.4) is 0 Å². The van der Waals surface area contributed by atoms with E-state index in [1.807, 2.05) is 6.92 Å². The zero-order valence-corrected chi connectivity index (χ0v) is 13.2. The highest BCUT2D eigenvalue weighted by atomic mass is 79.9. The third kappa shape index (κ3) is 3.54. The van der Waals surface area contributed by atoms with Gasteiger partial charge in [0.15, 0.2) is 0 Å². The van der Waals surface area contributed by atoms with Gasteiger partial charge in [-0.2, -0.15) is 0 Å². The van der Waals surface area contributed by atoms with Gasteiger partial charge in [-0.3, -0.25) is 0 Å². The molecule has 0 aliphatic rings. The second-order valence-electron chi connectivity index (χ2n) is 4.16. The lowest BCUT2D eigenvalue weighted by atomic mass is 10.1. The molecule has 0 radical (unpaired) electrons. The quantitative estimate of drug-likeness (QED) is 0.712. The summed E-state index contributed by atoms with van der Waals surface area (Å²) in [4.78, 5) is 0. The fourth-order valence-electron chi connectivity index (χ4n) is 1.76. The molecule has 1 nitrogen and oxygen atoms in total. The molecule has 0 fully saturated rings. The van der Waals surface area contributed by atoms with E-state index in [1.54, 1.807) is 24.3 Å². The van der Waals surface area contributed by atoms with Crippen LogP contribution in [0.25, 0.3) is 0 Å². The number of rotatable bonds is 3. The first-order valence-electron chi connectivity index (χ1n) is 5.64. The van der Waals surface area contributed by atoms with Crippen LogP contribution in [-0.2, 0) is 0 Å². The predicted molar refractivity (Wildman–Crippen MR) is 80.2 cm³/mol. The molecule has 19 heavy (non-hydrogen) atoms. The van der Waals surface area contributed by atoms with Gasteiger partial charge in [0.1, 0.15) is 11.6 Å². The molecule has 100 valence electrons. The average Bonchev–Trinajstić information content (AvgIpc) is 2.36. The molecule has 2 aromatic rings. The standard InChI is InChI=1S/C14H11Br2F2N/c1-8(11-6-9(15)2-4-13(11)17)19-10-3-5-14(18)12(16)7-10/h2-8,19H,1H3. The summed E-state index contributed by atoms with van der Waals surface area (Å²) in [7, 11) is 0. The van der Waals surface area contributed by atoms with Crippen molar-refractivity contribution in [3.05, 3.63) is 62.5 Å². The van der Waals surface area contributed by atoms with Gasteiger partial charge in [0.25, 0.3) is 0 Å². The van der Waals surface area contributed by atoms with Crippen molar-refractivity contribution >= 4 is 37.5 Å².